The predicted octanol–water partition coefficient (Wildman–Crippen LogP) is 3.11. The largest absolute Gasteiger partial charge is 0.486 e. The zero-order valence-electron chi connectivity index (χ0n) is 22.2. The minimum Gasteiger partial charge on any atom is -0.486 e. The average Bonchev–Trinajstić information content (AvgIpc) is 2.88. The molecule has 37 heavy (non-hydrogen) atoms. The molecule has 1 aliphatic rings. The van der Waals surface area contributed by atoms with Crippen molar-refractivity contribution >= 4 is 27.5 Å². The number of fused-ring (bicyclic) bond motifs is 1. The van der Waals surface area contributed by atoms with E-state index in [1.807, 2.05) is 45.0 Å². The number of carbonyl (C=O) groups is 2. The van der Waals surface area contributed by atoms with Gasteiger partial charge in [0.25, 0.3) is 0 Å². The number of amides is 2. The number of carbonyl (C=O) groups excluding carboxylic acids is 2. The predicted molar refractivity (Wildman–Crippen MR) is 143 cm³/mol. The van der Waals surface area contributed by atoms with Gasteiger partial charge in [0.15, 0.2) is 11.5 Å². The van der Waals surface area contributed by atoms with E-state index in [0.717, 1.165) is 15.4 Å². The molecular formula is C27H37N3O6S. The first-order valence-corrected chi connectivity index (χ1v) is 14.2. The van der Waals surface area contributed by atoms with Crippen LogP contribution in [-0.4, -0.2) is 63.2 Å². The summed E-state index contributed by atoms with van der Waals surface area (Å²) in [4.78, 5) is 28.1. The molecule has 0 fully saturated rings. The molecule has 0 bridgehead atoms. The molecule has 0 radical (unpaired) electrons. The number of hydrogen-bond acceptors (Lipinski definition) is 6. The van der Waals surface area contributed by atoms with Gasteiger partial charge < -0.3 is 19.7 Å². The van der Waals surface area contributed by atoms with Gasteiger partial charge in [-0.05, 0) is 44.4 Å². The lowest BCUT2D eigenvalue weighted by atomic mass is 10.1. The van der Waals surface area contributed by atoms with Crippen molar-refractivity contribution in [1.82, 2.24) is 10.2 Å². The molecule has 2 aromatic rings. The number of nitrogens with zero attached hydrogens (tertiary/aromatic N) is 2. The first kappa shape index (κ1) is 28.3. The van der Waals surface area contributed by atoms with E-state index in [9.17, 15) is 18.0 Å². The van der Waals surface area contributed by atoms with Crippen molar-refractivity contribution in [3.05, 3.63) is 53.6 Å². The molecule has 0 unspecified atom stereocenters. The first-order valence-electron chi connectivity index (χ1n) is 12.5. The van der Waals surface area contributed by atoms with Crippen LogP contribution in [0.4, 0.5) is 5.69 Å². The lowest BCUT2D eigenvalue weighted by molar-refractivity contribution is -0.139. The molecule has 2 amide bonds. The number of benzene rings is 2. The van der Waals surface area contributed by atoms with Gasteiger partial charge in [0.1, 0.15) is 25.8 Å². The van der Waals surface area contributed by atoms with Crippen molar-refractivity contribution in [3.8, 4) is 11.5 Å². The smallest absolute Gasteiger partial charge is 0.244 e. The maximum Gasteiger partial charge on any atom is 0.244 e. The van der Waals surface area contributed by atoms with Gasteiger partial charge in [-0.1, -0.05) is 43.7 Å². The zero-order chi connectivity index (χ0) is 27.2. The summed E-state index contributed by atoms with van der Waals surface area (Å²) >= 11 is 0. The van der Waals surface area contributed by atoms with E-state index < -0.39 is 28.5 Å². The summed E-state index contributed by atoms with van der Waals surface area (Å²) in [6.07, 6.45) is 0. The van der Waals surface area contributed by atoms with E-state index in [0.29, 0.717) is 36.9 Å². The lowest BCUT2D eigenvalue weighted by Crippen LogP contribution is -2.51. The normalized spacial score (nSPS) is 13.7. The molecule has 202 valence electrons. The van der Waals surface area contributed by atoms with Crippen LogP contribution in [0.15, 0.2) is 42.5 Å². The Kier molecular flexibility index (Phi) is 9.42. The second-order valence-electron chi connectivity index (χ2n) is 9.56. The van der Waals surface area contributed by atoms with Crippen molar-refractivity contribution in [2.45, 2.75) is 47.2 Å². The fourth-order valence-corrected chi connectivity index (χ4v) is 5.00. The Hall–Kier alpha value is -3.27. The summed E-state index contributed by atoms with van der Waals surface area (Å²) < 4.78 is 38.5. The summed E-state index contributed by atoms with van der Waals surface area (Å²) in [6, 6.07) is 11.7. The Balaban J connectivity index is 1.93. The minimum atomic E-state index is -3.83. The van der Waals surface area contributed by atoms with Gasteiger partial charge in [0.05, 0.1) is 11.4 Å². The SMILES string of the molecule is CCS(=O)(=O)N(CC(=O)N(Cc1cccc(C)c1)[C@H](C)C(=O)NCC(C)C)c1ccc2c(c1)OCCO2. The Labute approximate surface area is 219 Å². The average molecular weight is 532 g/mol. The van der Waals surface area contributed by atoms with E-state index in [-0.39, 0.29) is 24.1 Å². The molecule has 1 aliphatic heterocycles. The highest BCUT2D eigenvalue weighted by atomic mass is 32.2. The third-order valence-corrected chi connectivity index (χ3v) is 7.82. The Morgan fingerprint density at radius 2 is 1.73 bits per heavy atom. The van der Waals surface area contributed by atoms with Crippen LogP contribution in [0.3, 0.4) is 0 Å². The number of aryl methyl sites for hydroxylation is 1. The van der Waals surface area contributed by atoms with Crippen molar-refractivity contribution < 1.29 is 27.5 Å². The number of nitrogens with one attached hydrogen (secondary N) is 1. The Morgan fingerprint density at radius 1 is 1.03 bits per heavy atom. The van der Waals surface area contributed by atoms with Crippen molar-refractivity contribution in [2.24, 2.45) is 5.92 Å². The van der Waals surface area contributed by atoms with Crippen LogP contribution in [-0.2, 0) is 26.2 Å². The third-order valence-electron chi connectivity index (χ3n) is 6.08. The highest BCUT2D eigenvalue weighted by Crippen LogP contribution is 2.35. The highest BCUT2D eigenvalue weighted by molar-refractivity contribution is 7.92. The lowest BCUT2D eigenvalue weighted by Gasteiger charge is -2.32. The second-order valence-corrected chi connectivity index (χ2v) is 11.7. The van der Waals surface area contributed by atoms with E-state index in [4.69, 9.17) is 9.47 Å². The molecule has 0 saturated carbocycles. The van der Waals surface area contributed by atoms with E-state index in [2.05, 4.69) is 5.32 Å². The minimum absolute atomic E-state index is 0.165. The fraction of sp³-hybridized carbons (Fsp3) is 0.481. The molecule has 2 aromatic carbocycles. The maximum absolute atomic E-state index is 13.7. The van der Waals surface area contributed by atoms with Gasteiger partial charge >= 0.3 is 0 Å². The fourth-order valence-electron chi connectivity index (χ4n) is 3.95. The topological polar surface area (TPSA) is 105 Å². The maximum atomic E-state index is 13.7. The van der Waals surface area contributed by atoms with Crippen LogP contribution < -0.4 is 19.1 Å². The number of sulfonamides is 1. The second kappa shape index (κ2) is 12.3. The summed E-state index contributed by atoms with van der Waals surface area (Å²) in [6.45, 7) is 10.1. The van der Waals surface area contributed by atoms with Crippen LogP contribution in [0.1, 0.15) is 38.8 Å². The highest BCUT2D eigenvalue weighted by Gasteiger charge is 2.31. The molecule has 0 aromatic heterocycles. The molecule has 1 atom stereocenters. The molecule has 1 heterocycles. The summed E-state index contributed by atoms with van der Waals surface area (Å²) in [5, 5.41) is 2.88. The van der Waals surface area contributed by atoms with Gasteiger partial charge in [-0.2, -0.15) is 0 Å². The number of rotatable bonds is 11. The zero-order valence-corrected chi connectivity index (χ0v) is 23.0. The van der Waals surface area contributed by atoms with E-state index in [1.165, 1.54) is 11.8 Å². The number of hydrogen-bond donors (Lipinski definition) is 1. The van der Waals surface area contributed by atoms with Gasteiger partial charge in [-0.25, -0.2) is 8.42 Å². The van der Waals surface area contributed by atoms with Crippen molar-refractivity contribution in [3.63, 3.8) is 0 Å². The number of ether oxygens (including phenoxy) is 2. The third kappa shape index (κ3) is 7.38. The van der Waals surface area contributed by atoms with Crippen LogP contribution in [0.2, 0.25) is 0 Å². The molecule has 3 rings (SSSR count). The van der Waals surface area contributed by atoms with Crippen LogP contribution in [0.25, 0.3) is 0 Å². The van der Waals surface area contributed by atoms with Crippen LogP contribution in [0.5, 0.6) is 11.5 Å². The standard InChI is InChI=1S/C27H37N3O6S/c1-6-37(33,34)30(23-10-11-24-25(15-23)36-13-12-35-24)18-26(31)29(17-22-9-7-8-20(4)14-22)21(5)27(32)28-16-19(2)3/h7-11,14-15,19,21H,6,12-13,16-18H2,1-5H3,(H,28,32)/t21-/m1/s1. The van der Waals surface area contributed by atoms with Crippen LogP contribution >= 0.6 is 0 Å². The van der Waals surface area contributed by atoms with Crippen molar-refractivity contribution in [1.29, 1.82) is 0 Å². The molecule has 0 spiro atoms. The first-order chi connectivity index (χ1) is 17.5. The van der Waals surface area contributed by atoms with Gasteiger partial charge in [0.2, 0.25) is 21.8 Å². The van der Waals surface area contributed by atoms with Gasteiger partial charge in [0, 0.05) is 19.2 Å². The summed E-state index contributed by atoms with van der Waals surface area (Å²) in [5.41, 5.74) is 2.17. The van der Waals surface area contributed by atoms with Crippen LogP contribution in [0, 0.1) is 12.8 Å². The monoisotopic (exact) mass is 531 g/mol. The summed E-state index contributed by atoms with van der Waals surface area (Å²) in [5.74, 6) is 0.214. The quantitative estimate of drug-likeness (QED) is 0.478. The number of anilines is 1. The van der Waals surface area contributed by atoms with Gasteiger partial charge in [-0.3, -0.25) is 13.9 Å². The Morgan fingerprint density at radius 3 is 2.38 bits per heavy atom. The molecule has 1 N–H and O–H groups in total. The van der Waals surface area contributed by atoms with Gasteiger partial charge in [-0.15, -0.1) is 0 Å². The molecular weight excluding hydrogens is 494 g/mol. The van der Waals surface area contributed by atoms with E-state index in [1.54, 1.807) is 25.1 Å². The Bertz CT molecular complexity index is 1210. The molecule has 10 heteroatoms. The molecule has 0 saturated heterocycles. The van der Waals surface area contributed by atoms with Crippen molar-refractivity contribution in [2.75, 3.05) is 36.4 Å². The van der Waals surface area contributed by atoms with E-state index >= 15 is 0 Å². The molecule has 0 aliphatic carbocycles. The summed E-state index contributed by atoms with van der Waals surface area (Å²) in [7, 11) is -3.83. The molecule has 9 nitrogen and oxygen atoms in total.